The molecule has 3 fully saturated rings. The second-order valence-electron chi connectivity index (χ2n) is 10.9. The first-order chi connectivity index (χ1) is 20.1. The predicted molar refractivity (Wildman–Crippen MR) is 156 cm³/mol. The zero-order valence-corrected chi connectivity index (χ0v) is 24.9. The van der Waals surface area contributed by atoms with E-state index in [1.54, 1.807) is 43.1 Å². The van der Waals surface area contributed by atoms with Gasteiger partial charge in [0.15, 0.2) is 0 Å². The first-order valence-corrected chi connectivity index (χ1v) is 14.6. The smallest absolute Gasteiger partial charge is 0.332 e. The van der Waals surface area contributed by atoms with Crippen LogP contribution in [0.15, 0.2) is 42.5 Å². The van der Waals surface area contributed by atoms with Crippen molar-refractivity contribution in [1.82, 2.24) is 14.7 Å². The molecular formula is C30H31Cl2N5O5. The molecule has 2 aromatic rings. The van der Waals surface area contributed by atoms with Crippen LogP contribution in [0.3, 0.4) is 0 Å². The number of amides is 4. The van der Waals surface area contributed by atoms with Crippen LogP contribution < -0.4 is 4.90 Å². The van der Waals surface area contributed by atoms with Gasteiger partial charge in [0, 0.05) is 49.2 Å². The fourth-order valence-corrected chi connectivity index (χ4v) is 6.84. The first-order valence-electron chi connectivity index (χ1n) is 13.8. The highest BCUT2D eigenvalue weighted by molar-refractivity contribution is 6.35. The van der Waals surface area contributed by atoms with Crippen molar-refractivity contribution in [3.8, 4) is 6.07 Å². The summed E-state index contributed by atoms with van der Waals surface area (Å²) in [6.45, 7) is 3.51. The third-order valence-electron chi connectivity index (χ3n) is 8.51. The molecule has 10 nitrogen and oxygen atoms in total. The summed E-state index contributed by atoms with van der Waals surface area (Å²) < 4.78 is 5.14. The molecule has 0 radical (unpaired) electrons. The molecule has 2 aromatic carbocycles. The van der Waals surface area contributed by atoms with Gasteiger partial charge in [0.05, 0.1) is 36.4 Å². The molecule has 0 unspecified atom stereocenters. The van der Waals surface area contributed by atoms with Gasteiger partial charge >= 0.3 is 12.0 Å². The number of carbonyl (C=O) groups is 4. The van der Waals surface area contributed by atoms with E-state index in [0.717, 1.165) is 10.5 Å². The molecular weight excluding hydrogens is 581 g/mol. The lowest BCUT2D eigenvalue weighted by Crippen LogP contribution is -2.54. The Hall–Kier alpha value is -3.65. The van der Waals surface area contributed by atoms with Gasteiger partial charge in [-0.25, -0.2) is 9.69 Å². The Bertz CT molecular complexity index is 1430. The quantitative estimate of drug-likeness (QED) is 0.359. The van der Waals surface area contributed by atoms with Crippen LogP contribution in [0, 0.1) is 17.2 Å². The topological polar surface area (TPSA) is 114 Å². The zero-order valence-electron chi connectivity index (χ0n) is 23.4. The number of imide groups is 1. The third kappa shape index (κ3) is 5.33. The van der Waals surface area contributed by atoms with Gasteiger partial charge in [0.2, 0.25) is 5.91 Å². The predicted octanol–water partition coefficient (Wildman–Crippen LogP) is 3.90. The Kier molecular flexibility index (Phi) is 8.46. The summed E-state index contributed by atoms with van der Waals surface area (Å²) in [5, 5.41) is 9.88. The molecule has 3 heterocycles. The number of anilines is 1. The Morgan fingerprint density at radius 1 is 1.07 bits per heavy atom. The van der Waals surface area contributed by atoms with Crippen molar-refractivity contribution in [2.24, 2.45) is 5.92 Å². The van der Waals surface area contributed by atoms with Gasteiger partial charge in [-0.1, -0.05) is 35.3 Å². The molecule has 0 aromatic heterocycles. The molecule has 42 heavy (non-hydrogen) atoms. The molecule has 5 rings (SSSR count). The number of halogens is 2. The molecule has 3 saturated heterocycles. The van der Waals surface area contributed by atoms with Crippen LogP contribution >= 0.6 is 23.2 Å². The average Bonchev–Trinajstić information content (AvgIpc) is 3.44. The fourth-order valence-electron chi connectivity index (χ4n) is 6.33. The number of nitriles is 1. The molecule has 1 spiro atoms. The van der Waals surface area contributed by atoms with E-state index >= 15 is 0 Å². The van der Waals surface area contributed by atoms with E-state index < -0.39 is 23.4 Å². The van der Waals surface area contributed by atoms with Crippen LogP contribution in [0.5, 0.6) is 0 Å². The molecule has 2 atom stereocenters. The minimum Gasteiger partial charge on any atom is -0.466 e. The summed E-state index contributed by atoms with van der Waals surface area (Å²) in [7, 11) is 1.59. The number of benzene rings is 2. The van der Waals surface area contributed by atoms with Crippen molar-refractivity contribution >= 4 is 52.7 Å². The molecule has 4 amide bonds. The lowest BCUT2D eigenvalue weighted by atomic mass is 9.80. The summed E-state index contributed by atoms with van der Waals surface area (Å²) in [4.78, 5) is 59.7. The normalized spacial score (nSPS) is 23.1. The standard InChI is InChI=1S/C30H31Cl2N5O5/c1-3-42-27(39)21-8-10-36(11-9-21)26(38)17-35-16-25(20-6-4-19(15-33)5-7-20)30(18-35)28(40)37(29(41)34(30)2)24-13-22(31)12-23(32)14-24/h4-7,12-14,21,25H,3,8-11,16-18H2,1-2H3/t25-,30+/m0/s1. The lowest BCUT2D eigenvalue weighted by Gasteiger charge is -2.34. The number of piperidine rings is 1. The highest BCUT2D eigenvalue weighted by atomic mass is 35.5. The minimum atomic E-state index is -1.31. The summed E-state index contributed by atoms with van der Waals surface area (Å²) in [6, 6.07) is 13.1. The van der Waals surface area contributed by atoms with Crippen molar-refractivity contribution < 1.29 is 23.9 Å². The largest absolute Gasteiger partial charge is 0.466 e. The summed E-state index contributed by atoms with van der Waals surface area (Å²) in [5.41, 5.74) is 0.209. The maximum atomic E-state index is 14.3. The number of esters is 1. The maximum Gasteiger partial charge on any atom is 0.332 e. The van der Waals surface area contributed by atoms with Crippen molar-refractivity contribution in [1.29, 1.82) is 5.26 Å². The number of carbonyl (C=O) groups excluding carboxylic acids is 4. The van der Waals surface area contributed by atoms with E-state index in [4.69, 9.17) is 27.9 Å². The van der Waals surface area contributed by atoms with E-state index in [1.807, 2.05) is 4.90 Å². The molecule has 0 saturated carbocycles. The van der Waals surface area contributed by atoms with Crippen molar-refractivity contribution in [2.45, 2.75) is 31.2 Å². The van der Waals surface area contributed by atoms with Crippen molar-refractivity contribution in [3.63, 3.8) is 0 Å². The lowest BCUT2D eigenvalue weighted by molar-refractivity contribution is -0.151. The van der Waals surface area contributed by atoms with Gasteiger partial charge in [-0.3, -0.25) is 19.3 Å². The second kappa shape index (κ2) is 11.9. The molecule has 220 valence electrons. The number of likely N-dealkylation sites (N-methyl/N-ethyl adjacent to an activating group) is 1. The van der Waals surface area contributed by atoms with E-state index in [-0.39, 0.29) is 46.6 Å². The van der Waals surface area contributed by atoms with E-state index in [2.05, 4.69) is 6.07 Å². The molecule has 3 aliphatic rings. The van der Waals surface area contributed by atoms with Gasteiger partial charge in [-0.2, -0.15) is 5.26 Å². The zero-order chi connectivity index (χ0) is 30.2. The summed E-state index contributed by atoms with van der Waals surface area (Å²) in [5.74, 6) is -1.46. The fraction of sp³-hybridized carbons (Fsp3) is 0.433. The van der Waals surface area contributed by atoms with Gasteiger partial charge < -0.3 is 14.5 Å². The monoisotopic (exact) mass is 611 g/mol. The van der Waals surface area contributed by atoms with Crippen LogP contribution in [0.4, 0.5) is 10.5 Å². The van der Waals surface area contributed by atoms with Gasteiger partial charge in [-0.15, -0.1) is 0 Å². The van der Waals surface area contributed by atoms with Gasteiger partial charge in [0.1, 0.15) is 5.54 Å². The Morgan fingerprint density at radius 3 is 2.31 bits per heavy atom. The number of urea groups is 1. The molecule has 0 bridgehead atoms. The number of nitrogens with zero attached hydrogens (tertiary/aromatic N) is 5. The number of hydrogen-bond donors (Lipinski definition) is 0. The first kappa shape index (κ1) is 29.8. The van der Waals surface area contributed by atoms with Crippen LogP contribution in [0.1, 0.15) is 36.8 Å². The maximum absolute atomic E-state index is 14.3. The summed E-state index contributed by atoms with van der Waals surface area (Å²) >= 11 is 12.4. The van der Waals surface area contributed by atoms with E-state index in [0.29, 0.717) is 44.6 Å². The van der Waals surface area contributed by atoms with Gasteiger partial charge in [-0.05, 0) is 55.7 Å². The minimum absolute atomic E-state index is 0.0525. The van der Waals surface area contributed by atoms with Crippen LogP contribution in [-0.4, -0.2) is 90.4 Å². The highest BCUT2D eigenvalue weighted by Gasteiger charge is 2.64. The number of ether oxygens (including phenoxy) is 1. The molecule has 3 aliphatic heterocycles. The number of hydrogen-bond acceptors (Lipinski definition) is 7. The van der Waals surface area contributed by atoms with Crippen LogP contribution in [-0.2, 0) is 19.1 Å². The number of likely N-dealkylation sites (tertiary alicyclic amines) is 2. The number of rotatable bonds is 6. The van der Waals surface area contributed by atoms with Crippen molar-refractivity contribution in [2.75, 3.05) is 51.3 Å². The molecule has 0 N–H and O–H groups in total. The van der Waals surface area contributed by atoms with E-state index in [9.17, 15) is 24.4 Å². The van der Waals surface area contributed by atoms with Crippen LogP contribution in [0.2, 0.25) is 10.0 Å². The molecule has 12 heteroatoms. The summed E-state index contributed by atoms with van der Waals surface area (Å²) in [6.07, 6.45) is 1.07. The highest BCUT2D eigenvalue weighted by Crippen LogP contribution is 2.46. The average molecular weight is 613 g/mol. The van der Waals surface area contributed by atoms with Gasteiger partial charge in [0.25, 0.3) is 5.91 Å². The Balaban J connectivity index is 1.42. The SMILES string of the molecule is CCOC(=O)C1CCN(C(=O)CN2C[C@@H](c3ccc(C#N)cc3)[C@]3(C2)C(=O)N(c2cc(Cl)cc(Cl)c2)C(=O)N3C)CC1. The Morgan fingerprint density at radius 2 is 1.71 bits per heavy atom. The molecule has 0 aliphatic carbocycles. The Labute approximate surface area is 254 Å². The van der Waals surface area contributed by atoms with Crippen molar-refractivity contribution in [3.05, 3.63) is 63.6 Å². The third-order valence-corrected chi connectivity index (χ3v) is 8.94. The van der Waals surface area contributed by atoms with Crippen LogP contribution in [0.25, 0.3) is 0 Å². The second-order valence-corrected chi connectivity index (χ2v) is 11.8. The van der Waals surface area contributed by atoms with E-state index in [1.165, 1.54) is 23.1 Å².